The van der Waals surface area contributed by atoms with Crippen LogP contribution in [0.4, 0.5) is 0 Å². The second-order valence-corrected chi connectivity index (χ2v) is 8.25. The summed E-state index contributed by atoms with van der Waals surface area (Å²) >= 11 is 0. The molecule has 0 saturated carbocycles. The molecule has 5 nitrogen and oxygen atoms in total. The summed E-state index contributed by atoms with van der Waals surface area (Å²) in [7, 11) is 0. The first-order valence-electron chi connectivity index (χ1n) is 10.9. The third-order valence-electron chi connectivity index (χ3n) is 5.31. The van der Waals surface area contributed by atoms with Gasteiger partial charge in [-0.05, 0) is 47.6 Å². The fraction of sp³-hybridized carbons (Fsp3) is 0.440. The highest BCUT2D eigenvalue weighted by Crippen LogP contribution is 2.37. The predicted molar refractivity (Wildman–Crippen MR) is 118 cm³/mol. The van der Waals surface area contributed by atoms with E-state index in [0.717, 1.165) is 24.0 Å². The van der Waals surface area contributed by atoms with Crippen molar-refractivity contribution in [1.29, 1.82) is 0 Å². The number of fused-ring (bicyclic) bond motifs is 1. The van der Waals surface area contributed by atoms with Gasteiger partial charge in [0.25, 0.3) is 5.91 Å². The zero-order chi connectivity index (χ0) is 21.5. The van der Waals surface area contributed by atoms with Crippen LogP contribution in [0.3, 0.4) is 0 Å². The molecule has 3 rings (SSSR count). The molecule has 0 aromatic heterocycles. The first-order valence-corrected chi connectivity index (χ1v) is 10.9. The predicted octanol–water partition coefficient (Wildman–Crippen LogP) is 4.11. The van der Waals surface area contributed by atoms with E-state index in [1.54, 1.807) is 0 Å². The molecular weight excluding hydrogens is 376 g/mol. The molecule has 1 N–H and O–H groups in total. The minimum absolute atomic E-state index is 0.00914. The van der Waals surface area contributed by atoms with E-state index in [-0.39, 0.29) is 24.5 Å². The zero-order valence-electron chi connectivity index (χ0n) is 18.2. The van der Waals surface area contributed by atoms with Gasteiger partial charge in [-0.25, -0.2) is 0 Å². The van der Waals surface area contributed by atoms with Crippen molar-refractivity contribution < 1.29 is 14.3 Å². The third kappa shape index (κ3) is 5.41. The van der Waals surface area contributed by atoms with Crippen molar-refractivity contribution in [2.45, 2.75) is 46.1 Å². The van der Waals surface area contributed by atoms with Crippen molar-refractivity contribution >= 4 is 11.8 Å². The molecule has 30 heavy (non-hydrogen) atoms. The molecule has 160 valence electrons. The molecule has 1 aliphatic heterocycles. The molecule has 5 heteroatoms. The average Bonchev–Trinajstić information content (AvgIpc) is 2.75. The summed E-state index contributed by atoms with van der Waals surface area (Å²) in [6, 6.07) is 16.0. The van der Waals surface area contributed by atoms with Crippen LogP contribution in [0.2, 0.25) is 0 Å². The molecule has 0 bridgehead atoms. The van der Waals surface area contributed by atoms with Gasteiger partial charge in [0.15, 0.2) is 6.61 Å². The summed E-state index contributed by atoms with van der Waals surface area (Å²) in [6.07, 6.45) is 2.25. The number of carbonyl (C=O) groups is 2. The maximum atomic E-state index is 13.0. The lowest BCUT2D eigenvalue weighted by Crippen LogP contribution is -2.41. The molecule has 1 aliphatic rings. The number of benzene rings is 2. The average molecular weight is 409 g/mol. The molecular formula is C25H32N2O3. The lowest BCUT2D eigenvalue weighted by atomic mass is 9.87. The lowest BCUT2D eigenvalue weighted by molar-refractivity contribution is -0.134. The third-order valence-corrected chi connectivity index (χ3v) is 5.31. The summed E-state index contributed by atoms with van der Waals surface area (Å²) < 4.78 is 5.76. The van der Waals surface area contributed by atoms with E-state index in [4.69, 9.17) is 4.74 Å². The van der Waals surface area contributed by atoms with Gasteiger partial charge in [-0.15, -0.1) is 0 Å². The second-order valence-electron chi connectivity index (χ2n) is 8.25. The smallest absolute Gasteiger partial charge is 0.257 e. The maximum absolute atomic E-state index is 13.0. The number of ether oxygens (including phenoxy) is 1. The van der Waals surface area contributed by atoms with E-state index in [9.17, 15) is 9.59 Å². The van der Waals surface area contributed by atoms with Crippen molar-refractivity contribution in [1.82, 2.24) is 10.2 Å². The van der Waals surface area contributed by atoms with E-state index in [2.05, 4.69) is 37.4 Å². The van der Waals surface area contributed by atoms with E-state index in [1.165, 1.54) is 5.56 Å². The van der Waals surface area contributed by atoms with Crippen LogP contribution >= 0.6 is 0 Å². The Kier molecular flexibility index (Phi) is 7.50. The Morgan fingerprint density at radius 2 is 1.93 bits per heavy atom. The summed E-state index contributed by atoms with van der Waals surface area (Å²) in [6.45, 7) is 7.50. The molecule has 2 aromatic rings. The fourth-order valence-corrected chi connectivity index (χ4v) is 3.88. The van der Waals surface area contributed by atoms with E-state index < -0.39 is 0 Å². The number of nitrogens with zero attached hydrogens (tertiary/aromatic N) is 1. The Morgan fingerprint density at radius 1 is 1.17 bits per heavy atom. The standard InChI is InChI=1S/C25H32N2O3/c1-4-13-26-23(28)17-30-21-11-10-19-12-14-27(24(29)15-18(2)3)25(22(19)16-21)20-8-6-5-7-9-20/h5-11,16,18,25H,4,12-15,17H2,1-3H3,(H,26,28). The molecule has 0 spiro atoms. The summed E-state index contributed by atoms with van der Waals surface area (Å²) in [4.78, 5) is 26.9. The molecule has 0 radical (unpaired) electrons. The summed E-state index contributed by atoms with van der Waals surface area (Å²) in [5, 5.41) is 2.82. The zero-order valence-corrected chi connectivity index (χ0v) is 18.2. The Labute approximate surface area is 179 Å². The highest BCUT2D eigenvalue weighted by molar-refractivity contribution is 5.78. The molecule has 0 saturated heterocycles. The molecule has 0 fully saturated rings. The van der Waals surface area contributed by atoms with E-state index in [1.807, 2.05) is 42.2 Å². The Morgan fingerprint density at radius 3 is 2.63 bits per heavy atom. The van der Waals surface area contributed by atoms with Crippen LogP contribution in [0, 0.1) is 5.92 Å². The Balaban J connectivity index is 1.88. The number of carbonyl (C=O) groups excluding carboxylic acids is 2. The second kappa shape index (κ2) is 10.3. The minimum Gasteiger partial charge on any atom is -0.484 e. The summed E-state index contributed by atoms with van der Waals surface area (Å²) in [5.74, 6) is 1.02. The van der Waals surface area contributed by atoms with Crippen molar-refractivity contribution in [3.63, 3.8) is 0 Å². The van der Waals surface area contributed by atoms with Gasteiger partial charge >= 0.3 is 0 Å². The first kappa shape index (κ1) is 21.9. The topological polar surface area (TPSA) is 58.6 Å². The highest BCUT2D eigenvalue weighted by atomic mass is 16.5. The van der Waals surface area contributed by atoms with Crippen LogP contribution in [0.25, 0.3) is 0 Å². The molecule has 1 heterocycles. The van der Waals surface area contributed by atoms with Crippen molar-refractivity contribution in [2.75, 3.05) is 19.7 Å². The number of nitrogens with one attached hydrogen (secondary N) is 1. The van der Waals surface area contributed by atoms with Crippen LogP contribution in [0.5, 0.6) is 5.75 Å². The normalized spacial score (nSPS) is 15.6. The largest absolute Gasteiger partial charge is 0.484 e. The molecule has 1 atom stereocenters. The molecule has 2 aromatic carbocycles. The van der Waals surface area contributed by atoms with Gasteiger partial charge in [-0.3, -0.25) is 9.59 Å². The maximum Gasteiger partial charge on any atom is 0.257 e. The molecule has 2 amide bonds. The van der Waals surface area contributed by atoms with Gasteiger partial charge in [0.1, 0.15) is 5.75 Å². The van der Waals surface area contributed by atoms with Crippen LogP contribution < -0.4 is 10.1 Å². The Hall–Kier alpha value is -2.82. The SMILES string of the molecule is CCCNC(=O)COc1ccc2c(c1)C(c1ccccc1)N(C(=O)CC(C)C)CC2. The van der Waals surface area contributed by atoms with Crippen molar-refractivity contribution in [2.24, 2.45) is 5.92 Å². The van der Waals surface area contributed by atoms with E-state index >= 15 is 0 Å². The van der Waals surface area contributed by atoms with Gasteiger partial charge in [-0.1, -0.05) is 57.2 Å². The quantitative estimate of drug-likeness (QED) is 0.715. The molecule has 0 aliphatic carbocycles. The number of hydrogen-bond acceptors (Lipinski definition) is 3. The first-order chi connectivity index (χ1) is 14.5. The minimum atomic E-state index is -0.140. The van der Waals surface area contributed by atoms with Crippen molar-refractivity contribution in [3.8, 4) is 5.75 Å². The van der Waals surface area contributed by atoms with Crippen LogP contribution in [-0.4, -0.2) is 36.4 Å². The Bertz CT molecular complexity index is 864. The number of rotatable bonds is 8. The van der Waals surface area contributed by atoms with Gasteiger partial charge in [0, 0.05) is 19.5 Å². The number of hydrogen-bond donors (Lipinski definition) is 1. The van der Waals surface area contributed by atoms with Gasteiger partial charge in [0.2, 0.25) is 5.91 Å². The van der Waals surface area contributed by atoms with Gasteiger partial charge in [-0.2, -0.15) is 0 Å². The summed E-state index contributed by atoms with van der Waals surface area (Å²) in [5.41, 5.74) is 3.39. The van der Waals surface area contributed by atoms with Gasteiger partial charge in [0.05, 0.1) is 6.04 Å². The van der Waals surface area contributed by atoms with E-state index in [0.29, 0.717) is 31.2 Å². The monoisotopic (exact) mass is 408 g/mol. The number of amides is 2. The van der Waals surface area contributed by atoms with Gasteiger partial charge < -0.3 is 15.0 Å². The lowest BCUT2D eigenvalue weighted by Gasteiger charge is -2.38. The van der Waals surface area contributed by atoms with Crippen LogP contribution in [0.15, 0.2) is 48.5 Å². The van der Waals surface area contributed by atoms with Crippen LogP contribution in [-0.2, 0) is 16.0 Å². The fourth-order valence-electron chi connectivity index (χ4n) is 3.88. The van der Waals surface area contributed by atoms with Crippen LogP contribution in [0.1, 0.15) is 56.3 Å². The highest BCUT2D eigenvalue weighted by Gasteiger charge is 2.32. The van der Waals surface area contributed by atoms with Crippen molar-refractivity contribution in [3.05, 3.63) is 65.2 Å². The molecule has 1 unspecified atom stereocenters.